The number of carbonyl (C=O) groups excluding carboxylic acids is 2. The van der Waals surface area contributed by atoms with E-state index in [4.69, 9.17) is 0 Å². The summed E-state index contributed by atoms with van der Waals surface area (Å²) in [4.78, 5) is 26.7. The Morgan fingerprint density at radius 2 is 1.71 bits per heavy atom. The van der Waals surface area contributed by atoms with Gasteiger partial charge in [-0.05, 0) is 35.8 Å². The molecule has 1 heterocycles. The average Bonchev–Trinajstić information content (AvgIpc) is 2.91. The van der Waals surface area contributed by atoms with E-state index in [-0.39, 0.29) is 42.9 Å². The lowest BCUT2D eigenvalue weighted by Gasteiger charge is -2.39. The molecule has 1 N–H and O–H groups in total. The molecule has 7 nitrogen and oxygen atoms in total. The van der Waals surface area contributed by atoms with E-state index >= 15 is 0 Å². The minimum atomic E-state index is -4.47. The molecule has 0 radical (unpaired) electrons. The predicted octanol–water partition coefficient (Wildman–Crippen LogP) is 3.81. The molecule has 38 heavy (non-hydrogen) atoms. The van der Waals surface area contributed by atoms with Crippen molar-refractivity contribution in [2.24, 2.45) is 0 Å². The van der Waals surface area contributed by atoms with Crippen molar-refractivity contribution < 1.29 is 31.2 Å². The first-order valence-corrected chi connectivity index (χ1v) is 13.6. The van der Waals surface area contributed by atoms with Crippen molar-refractivity contribution in [1.29, 1.82) is 0 Å². The zero-order valence-electron chi connectivity index (χ0n) is 20.7. The second-order valence-electron chi connectivity index (χ2n) is 9.23. The SMILES string of the molecule is CC(=O)N1CCN(S(=O)(=O)C2=CCC(c3ccccc3)C=C2)C(C(=O)NCc2ccc(C(F)(F)F)cc2)C1. The van der Waals surface area contributed by atoms with Crippen LogP contribution < -0.4 is 5.32 Å². The van der Waals surface area contributed by atoms with Crippen LogP contribution in [0.3, 0.4) is 0 Å². The summed E-state index contributed by atoms with van der Waals surface area (Å²) >= 11 is 0. The fraction of sp³-hybridized carbons (Fsp3) is 0.333. The number of halogens is 3. The number of rotatable bonds is 6. The highest BCUT2D eigenvalue weighted by Gasteiger charge is 2.41. The summed E-state index contributed by atoms with van der Waals surface area (Å²) in [7, 11) is -4.06. The quantitative estimate of drug-likeness (QED) is 0.596. The Labute approximate surface area is 219 Å². The Morgan fingerprint density at radius 1 is 1.03 bits per heavy atom. The van der Waals surface area contributed by atoms with Gasteiger partial charge in [-0.15, -0.1) is 0 Å². The molecule has 2 atom stereocenters. The van der Waals surface area contributed by atoms with Gasteiger partial charge >= 0.3 is 6.18 Å². The van der Waals surface area contributed by atoms with E-state index in [2.05, 4.69) is 5.32 Å². The summed E-state index contributed by atoms with van der Waals surface area (Å²) in [5, 5.41) is 2.62. The van der Waals surface area contributed by atoms with Crippen LogP contribution in [0.5, 0.6) is 0 Å². The number of piperazine rings is 1. The van der Waals surface area contributed by atoms with Crippen LogP contribution in [-0.2, 0) is 32.3 Å². The third-order valence-corrected chi connectivity index (χ3v) is 8.68. The maximum atomic E-state index is 13.6. The molecular weight excluding hydrogens is 519 g/mol. The zero-order valence-corrected chi connectivity index (χ0v) is 21.5. The van der Waals surface area contributed by atoms with E-state index in [9.17, 15) is 31.2 Å². The van der Waals surface area contributed by atoms with E-state index < -0.39 is 33.7 Å². The van der Waals surface area contributed by atoms with Gasteiger partial charge in [0, 0.05) is 39.0 Å². The number of alkyl halides is 3. The number of sulfonamides is 1. The Kier molecular flexibility index (Phi) is 8.08. The number of amides is 2. The molecule has 11 heteroatoms. The smallest absolute Gasteiger partial charge is 0.351 e. The van der Waals surface area contributed by atoms with Gasteiger partial charge in [0.1, 0.15) is 6.04 Å². The van der Waals surface area contributed by atoms with E-state index in [0.29, 0.717) is 12.0 Å². The van der Waals surface area contributed by atoms with Crippen molar-refractivity contribution in [2.45, 2.75) is 38.0 Å². The number of hydrogen-bond acceptors (Lipinski definition) is 4. The lowest BCUT2D eigenvalue weighted by atomic mass is 9.93. The fourth-order valence-electron chi connectivity index (χ4n) is 4.55. The monoisotopic (exact) mass is 547 g/mol. The van der Waals surface area contributed by atoms with Crippen molar-refractivity contribution in [3.8, 4) is 0 Å². The molecular formula is C27H28F3N3O4S. The molecule has 2 aromatic carbocycles. The summed E-state index contributed by atoms with van der Waals surface area (Å²) in [6.07, 6.45) is 1.02. The van der Waals surface area contributed by atoms with Crippen LogP contribution in [0.4, 0.5) is 13.2 Å². The molecule has 1 aliphatic carbocycles. The van der Waals surface area contributed by atoms with Gasteiger partial charge in [-0.25, -0.2) is 8.42 Å². The standard InChI is InChI=1S/C27H28F3N3O4S/c1-19(34)32-15-16-33(38(36,37)24-13-9-22(10-14-24)21-5-3-2-4-6-21)25(18-32)26(35)31-17-20-7-11-23(12-8-20)27(28,29)30/h2-9,11-14,22,25H,10,15-18H2,1H3,(H,31,35). The highest BCUT2D eigenvalue weighted by atomic mass is 32.2. The minimum absolute atomic E-state index is 0.0348. The first-order valence-electron chi connectivity index (χ1n) is 12.1. The van der Waals surface area contributed by atoms with Crippen LogP contribution >= 0.6 is 0 Å². The van der Waals surface area contributed by atoms with Gasteiger partial charge in [-0.1, -0.05) is 54.6 Å². The van der Waals surface area contributed by atoms with Gasteiger partial charge in [0.05, 0.1) is 10.5 Å². The van der Waals surface area contributed by atoms with Crippen LogP contribution in [0.25, 0.3) is 0 Å². The molecule has 1 aliphatic heterocycles. The Hall–Kier alpha value is -3.44. The van der Waals surface area contributed by atoms with Crippen LogP contribution in [0.1, 0.15) is 36.0 Å². The topological polar surface area (TPSA) is 86.8 Å². The lowest BCUT2D eigenvalue weighted by Crippen LogP contribution is -2.61. The Morgan fingerprint density at radius 3 is 2.29 bits per heavy atom. The summed E-state index contributed by atoms with van der Waals surface area (Å²) in [6.45, 7) is 1.20. The molecule has 2 aromatic rings. The number of hydrogen-bond donors (Lipinski definition) is 1. The number of benzene rings is 2. The van der Waals surface area contributed by atoms with Gasteiger partial charge < -0.3 is 10.2 Å². The first-order chi connectivity index (χ1) is 18.0. The minimum Gasteiger partial charge on any atom is -0.351 e. The lowest BCUT2D eigenvalue weighted by molar-refractivity contribution is -0.138. The largest absolute Gasteiger partial charge is 0.416 e. The normalized spacial score (nSPS) is 20.6. The Bertz CT molecular complexity index is 1340. The van der Waals surface area contributed by atoms with Crippen molar-refractivity contribution in [2.75, 3.05) is 19.6 Å². The summed E-state index contributed by atoms with van der Waals surface area (Å²) < 4.78 is 66.8. The maximum absolute atomic E-state index is 13.6. The van der Waals surface area contributed by atoms with Crippen molar-refractivity contribution >= 4 is 21.8 Å². The van der Waals surface area contributed by atoms with E-state index in [0.717, 1.165) is 22.0 Å². The number of allylic oxidation sites excluding steroid dienone is 3. The molecule has 0 saturated carbocycles. The summed E-state index contributed by atoms with van der Waals surface area (Å²) in [6, 6.07) is 12.8. The highest BCUT2D eigenvalue weighted by Crippen LogP contribution is 2.31. The van der Waals surface area contributed by atoms with Crippen LogP contribution in [0.2, 0.25) is 0 Å². The number of carbonyl (C=O) groups is 2. The van der Waals surface area contributed by atoms with Crippen molar-refractivity contribution in [1.82, 2.24) is 14.5 Å². The molecule has 0 aromatic heterocycles. The van der Waals surface area contributed by atoms with Gasteiger partial charge in [-0.3, -0.25) is 9.59 Å². The van der Waals surface area contributed by atoms with Crippen molar-refractivity contribution in [3.05, 3.63) is 94.4 Å². The second-order valence-corrected chi connectivity index (χ2v) is 11.1. The third kappa shape index (κ3) is 6.16. The first kappa shape index (κ1) is 27.6. The number of nitrogens with one attached hydrogen (secondary N) is 1. The van der Waals surface area contributed by atoms with Crippen LogP contribution in [0, 0.1) is 0 Å². The molecule has 2 unspecified atom stereocenters. The van der Waals surface area contributed by atoms with Gasteiger partial charge in [-0.2, -0.15) is 17.5 Å². The zero-order chi connectivity index (χ0) is 27.5. The van der Waals surface area contributed by atoms with E-state index in [1.807, 2.05) is 36.4 Å². The third-order valence-electron chi connectivity index (χ3n) is 6.73. The molecule has 1 fully saturated rings. The van der Waals surface area contributed by atoms with Crippen molar-refractivity contribution in [3.63, 3.8) is 0 Å². The van der Waals surface area contributed by atoms with E-state index in [1.165, 1.54) is 24.0 Å². The van der Waals surface area contributed by atoms with Crippen LogP contribution in [0.15, 0.2) is 77.7 Å². The van der Waals surface area contributed by atoms with Crippen LogP contribution in [-0.4, -0.2) is 55.1 Å². The second kappa shape index (κ2) is 11.1. The Balaban J connectivity index is 1.49. The highest BCUT2D eigenvalue weighted by molar-refractivity contribution is 7.93. The molecule has 4 rings (SSSR count). The molecule has 2 amide bonds. The fourth-order valence-corrected chi connectivity index (χ4v) is 6.19. The van der Waals surface area contributed by atoms with E-state index in [1.54, 1.807) is 12.2 Å². The predicted molar refractivity (Wildman–Crippen MR) is 136 cm³/mol. The average molecular weight is 548 g/mol. The van der Waals surface area contributed by atoms with Gasteiger partial charge in [0.2, 0.25) is 21.8 Å². The molecule has 202 valence electrons. The molecule has 2 aliphatic rings. The molecule has 1 saturated heterocycles. The summed E-state index contributed by atoms with van der Waals surface area (Å²) in [5.41, 5.74) is 0.675. The van der Waals surface area contributed by atoms with Gasteiger partial charge in [0.25, 0.3) is 0 Å². The maximum Gasteiger partial charge on any atom is 0.416 e. The molecule has 0 spiro atoms. The summed E-state index contributed by atoms with van der Waals surface area (Å²) in [5.74, 6) is -0.889. The van der Waals surface area contributed by atoms with Gasteiger partial charge in [0.15, 0.2) is 0 Å². The molecule has 0 bridgehead atoms. The number of nitrogens with zero attached hydrogens (tertiary/aromatic N) is 2.